The van der Waals surface area contributed by atoms with Crippen molar-refractivity contribution in [2.24, 2.45) is 0 Å². The Kier molecular flexibility index (Phi) is 3.52. The second-order valence-electron chi connectivity index (χ2n) is 6.94. The van der Waals surface area contributed by atoms with E-state index < -0.39 is 6.04 Å². The third kappa shape index (κ3) is 2.51. The quantitative estimate of drug-likeness (QED) is 0.689. The van der Waals surface area contributed by atoms with Crippen LogP contribution in [0.2, 0.25) is 5.02 Å². The zero-order valence-corrected chi connectivity index (χ0v) is 15.0. The summed E-state index contributed by atoms with van der Waals surface area (Å²) in [5.41, 5.74) is 3.94. The largest absolute Gasteiger partial charge is 0.338 e. The lowest BCUT2D eigenvalue weighted by Crippen LogP contribution is -2.40. The molecular formula is C20H15ClFN3O2. The van der Waals surface area contributed by atoms with Gasteiger partial charge in [0.1, 0.15) is 11.9 Å². The smallest absolute Gasteiger partial charge is 0.325 e. The van der Waals surface area contributed by atoms with E-state index >= 15 is 0 Å². The maximum atomic E-state index is 13.3. The molecule has 1 N–H and O–H groups in total. The molecule has 0 aliphatic carbocycles. The second kappa shape index (κ2) is 5.82. The van der Waals surface area contributed by atoms with Crippen LogP contribution in [-0.4, -0.2) is 27.4 Å². The Morgan fingerprint density at radius 3 is 2.70 bits per heavy atom. The number of nitrogens with zero attached hydrogens (tertiary/aromatic N) is 2. The maximum Gasteiger partial charge on any atom is 0.325 e. The van der Waals surface area contributed by atoms with Gasteiger partial charge in [0.15, 0.2) is 0 Å². The minimum atomic E-state index is -0.467. The molecule has 1 aromatic heterocycles. The van der Waals surface area contributed by atoms with Crippen molar-refractivity contribution in [2.45, 2.75) is 25.6 Å². The fraction of sp³-hybridized carbons (Fsp3) is 0.200. The summed E-state index contributed by atoms with van der Waals surface area (Å²) in [6.07, 6.45) is 0.474. The van der Waals surface area contributed by atoms with Gasteiger partial charge in [-0.1, -0.05) is 29.8 Å². The number of nitrogens with one attached hydrogen (secondary N) is 1. The van der Waals surface area contributed by atoms with Crippen LogP contribution in [0, 0.1) is 5.82 Å². The highest BCUT2D eigenvalue weighted by Gasteiger charge is 2.43. The lowest BCUT2D eigenvalue weighted by atomic mass is 9.97. The van der Waals surface area contributed by atoms with Gasteiger partial charge in [0.25, 0.3) is 5.91 Å². The van der Waals surface area contributed by atoms with Crippen LogP contribution >= 0.6 is 11.6 Å². The van der Waals surface area contributed by atoms with Crippen LogP contribution in [0.4, 0.5) is 9.18 Å². The minimum absolute atomic E-state index is 0.251. The van der Waals surface area contributed by atoms with Gasteiger partial charge in [-0.15, -0.1) is 0 Å². The lowest BCUT2D eigenvalue weighted by Gasteiger charge is -2.28. The summed E-state index contributed by atoms with van der Waals surface area (Å²) < 4.78 is 15.4. The van der Waals surface area contributed by atoms with Crippen molar-refractivity contribution >= 4 is 34.4 Å². The third-order valence-electron chi connectivity index (χ3n) is 5.39. The molecule has 1 saturated heterocycles. The highest BCUT2D eigenvalue weighted by atomic mass is 35.5. The fourth-order valence-corrected chi connectivity index (χ4v) is 4.26. The molecule has 3 aromatic rings. The first-order valence-corrected chi connectivity index (χ1v) is 9.04. The monoisotopic (exact) mass is 383 g/mol. The molecule has 3 heterocycles. The third-order valence-corrected chi connectivity index (χ3v) is 5.63. The standard InChI is InChI=1S/C20H15ClFN3O2/c21-12-3-6-14-15-8-17-19(26)23-20(27)25(17)10-18(15)24(16(14)7-12)9-11-1-4-13(22)5-2-11/h1-7,17H,8-10H2,(H,23,26,27)/t17-/m0/s1. The van der Waals surface area contributed by atoms with E-state index in [9.17, 15) is 14.0 Å². The Morgan fingerprint density at radius 1 is 1.15 bits per heavy atom. The van der Waals surface area contributed by atoms with Gasteiger partial charge in [-0.25, -0.2) is 9.18 Å². The number of urea groups is 1. The number of amides is 3. The molecule has 0 saturated carbocycles. The second-order valence-corrected chi connectivity index (χ2v) is 7.38. The number of imide groups is 1. The summed E-state index contributed by atoms with van der Waals surface area (Å²) >= 11 is 6.23. The molecule has 2 aliphatic heterocycles. The number of benzene rings is 2. The molecule has 5 nitrogen and oxygen atoms in total. The first kappa shape index (κ1) is 16.3. The van der Waals surface area contributed by atoms with E-state index in [-0.39, 0.29) is 17.8 Å². The summed E-state index contributed by atoms with van der Waals surface area (Å²) in [5, 5.41) is 4.04. The summed E-state index contributed by atoms with van der Waals surface area (Å²) in [5.74, 6) is -0.532. The van der Waals surface area contributed by atoms with Gasteiger partial charge >= 0.3 is 6.03 Å². The van der Waals surface area contributed by atoms with Crippen LogP contribution in [0.5, 0.6) is 0 Å². The summed E-state index contributed by atoms with van der Waals surface area (Å²) in [4.78, 5) is 25.8. The molecule has 7 heteroatoms. The van der Waals surface area contributed by atoms with Crippen LogP contribution in [-0.2, 0) is 24.3 Å². The number of fused-ring (bicyclic) bond motifs is 4. The van der Waals surface area contributed by atoms with Crippen LogP contribution in [0.1, 0.15) is 16.8 Å². The Bertz CT molecular complexity index is 1110. The van der Waals surface area contributed by atoms with Gasteiger partial charge in [0.05, 0.1) is 12.1 Å². The number of carbonyl (C=O) groups excluding carboxylic acids is 2. The molecule has 1 fully saturated rings. The predicted octanol–water partition coefficient (Wildman–Crippen LogP) is 3.46. The van der Waals surface area contributed by atoms with E-state index in [1.165, 1.54) is 12.1 Å². The van der Waals surface area contributed by atoms with Gasteiger partial charge in [0.2, 0.25) is 0 Å². The molecule has 5 rings (SSSR count). The Morgan fingerprint density at radius 2 is 1.93 bits per heavy atom. The highest BCUT2D eigenvalue weighted by Crippen LogP contribution is 2.36. The van der Waals surface area contributed by atoms with Gasteiger partial charge in [0, 0.05) is 29.1 Å². The Labute approximate surface area is 159 Å². The van der Waals surface area contributed by atoms with Crippen LogP contribution in [0.15, 0.2) is 42.5 Å². The van der Waals surface area contributed by atoms with Crippen molar-refractivity contribution in [3.63, 3.8) is 0 Å². The first-order valence-electron chi connectivity index (χ1n) is 8.66. The zero-order valence-electron chi connectivity index (χ0n) is 14.2. The molecule has 3 amide bonds. The lowest BCUT2D eigenvalue weighted by molar-refractivity contribution is -0.121. The first-order chi connectivity index (χ1) is 13.0. The van der Waals surface area contributed by atoms with Crippen molar-refractivity contribution in [1.82, 2.24) is 14.8 Å². The van der Waals surface area contributed by atoms with E-state index in [2.05, 4.69) is 9.88 Å². The average molecular weight is 384 g/mol. The van der Waals surface area contributed by atoms with Gasteiger partial charge in [-0.3, -0.25) is 10.1 Å². The van der Waals surface area contributed by atoms with Gasteiger partial charge in [-0.05, 0) is 35.4 Å². The molecule has 136 valence electrons. The fourth-order valence-electron chi connectivity index (χ4n) is 4.09. The van der Waals surface area contributed by atoms with E-state index in [4.69, 9.17) is 11.6 Å². The number of aromatic nitrogens is 1. The van der Waals surface area contributed by atoms with Gasteiger partial charge in [-0.2, -0.15) is 0 Å². The highest BCUT2D eigenvalue weighted by molar-refractivity contribution is 6.31. The number of halogens is 2. The molecule has 2 aromatic carbocycles. The molecule has 0 radical (unpaired) electrons. The van der Waals surface area contributed by atoms with E-state index in [0.717, 1.165) is 27.7 Å². The van der Waals surface area contributed by atoms with E-state index in [1.807, 2.05) is 18.2 Å². The molecule has 2 aliphatic rings. The summed E-state index contributed by atoms with van der Waals surface area (Å²) in [7, 11) is 0. The van der Waals surface area contributed by atoms with Crippen LogP contribution < -0.4 is 5.32 Å². The molecule has 27 heavy (non-hydrogen) atoms. The topological polar surface area (TPSA) is 54.3 Å². The van der Waals surface area contributed by atoms with Crippen molar-refractivity contribution in [2.75, 3.05) is 0 Å². The van der Waals surface area contributed by atoms with Gasteiger partial charge < -0.3 is 9.47 Å². The average Bonchev–Trinajstić information content (AvgIpc) is 3.10. The molecule has 0 bridgehead atoms. The Hall–Kier alpha value is -2.86. The number of hydrogen-bond donors (Lipinski definition) is 1. The Balaban J connectivity index is 1.67. The summed E-state index contributed by atoms with van der Waals surface area (Å²) in [6.45, 7) is 0.881. The molecule has 1 atom stereocenters. The van der Waals surface area contributed by atoms with Crippen molar-refractivity contribution < 1.29 is 14.0 Å². The number of rotatable bonds is 2. The predicted molar refractivity (Wildman–Crippen MR) is 99.0 cm³/mol. The molecule has 0 unspecified atom stereocenters. The van der Waals surface area contributed by atoms with Crippen molar-refractivity contribution in [3.05, 3.63) is 70.1 Å². The van der Waals surface area contributed by atoms with E-state index in [1.54, 1.807) is 17.0 Å². The van der Waals surface area contributed by atoms with Crippen LogP contribution in [0.3, 0.4) is 0 Å². The zero-order chi connectivity index (χ0) is 18.7. The molecular weight excluding hydrogens is 369 g/mol. The number of carbonyl (C=O) groups is 2. The maximum absolute atomic E-state index is 13.3. The van der Waals surface area contributed by atoms with Crippen LogP contribution in [0.25, 0.3) is 10.9 Å². The number of hydrogen-bond acceptors (Lipinski definition) is 2. The van der Waals surface area contributed by atoms with Crippen molar-refractivity contribution in [1.29, 1.82) is 0 Å². The normalized spacial score (nSPS) is 18.6. The summed E-state index contributed by atoms with van der Waals surface area (Å²) in [6, 6.07) is 11.2. The van der Waals surface area contributed by atoms with Crippen molar-refractivity contribution in [3.8, 4) is 0 Å². The van der Waals surface area contributed by atoms with E-state index in [0.29, 0.717) is 24.5 Å². The minimum Gasteiger partial charge on any atom is -0.338 e. The molecule has 0 spiro atoms. The SMILES string of the molecule is O=C1NC(=O)N2Cc3c(c4ccc(Cl)cc4n3Cc3ccc(F)cc3)C[C@@H]12.